The lowest BCUT2D eigenvalue weighted by atomic mass is 10.1. The Morgan fingerprint density at radius 2 is 1.75 bits per heavy atom. The molecule has 0 aromatic carbocycles. The molecule has 2 saturated heterocycles. The Morgan fingerprint density at radius 1 is 1.14 bits per heavy atom. The number of carbonyl (C=O) groups is 3. The van der Waals surface area contributed by atoms with Gasteiger partial charge in [-0.2, -0.15) is 0 Å². The Bertz CT molecular complexity index is 667. The summed E-state index contributed by atoms with van der Waals surface area (Å²) in [5, 5.41) is 14.8. The number of pyridine rings is 1. The lowest BCUT2D eigenvalue weighted by Crippen LogP contribution is -2.55. The smallest absolute Gasteiger partial charge is 0.414 e. The van der Waals surface area contributed by atoms with Gasteiger partial charge < -0.3 is 19.8 Å². The zero-order valence-electron chi connectivity index (χ0n) is 16.2. The molecule has 3 rings (SSSR count). The van der Waals surface area contributed by atoms with Crippen molar-refractivity contribution in [3.63, 3.8) is 0 Å². The molecule has 1 aromatic rings. The predicted molar refractivity (Wildman–Crippen MR) is 100 cm³/mol. The lowest BCUT2D eigenvalue weighted by Gasteiger charge is -2.41. The molecule has 2 atom stereocenters. The van der Waals surface area contributed by atoms with E-state index in [1.54, 1.807) is 13.3 Å². The van der Waals surface area contributed by atoms with Crippen LogP contribution in [0.5, 0.6) is 0 Å². The molecule has 3 heterocycles. The van der Waals surface area contributed by atoms with Gasteiger partial charge in [0.15, 0.2) is 0 Å². The molecular weight excluding hydrogens is 366 g/mol. The Hall–Kier alpha value is -2.52. The summed E-state index contributed by atoms with van der Waals surface area (Å²) in [6.45, 7) is 5.47. The number of methoxy groups -OCH3 is 1. The van der Waals surface area contributed by atoms with E-state index in [0.29, 0.717) is 17.6 Å². The number of likely N-dealkylation sites (tertiary alicyclic amines) is 1. The van der Waals surface area contributed by atoms with Crippen molar-refractivity contribution in [3.8, 4) is 0 Å². The minimum Gasteiger partial charge on any atom is -0.473 e. The largest absolute Gasteiger partial charge is 0.473 e. The molecule has 1 amide bonds. The van der Waals surface area contributed by atoms with Crippen LogP contribution in [0, 0.1) is 0 Å². The summed E-state index contributed by atoms with van der Waals surface area (Å²) in [5.74, 6) is -3.52. The molecule has 2 aliphatic heterocycles. The van der Waals surface area contributed by atoms with E-state index in [0.717, 1.165) is 38.4 Å². The molecule has 1 aromatic heterocycles. The maximum atomic E-state index is 12.7. The first-order valence-electron chi connectivity index (χ1n) is 9.32. The molecule has 2 bridgehead atoms. The monoisotopic (exact) mass is 393 g/mol. The third-order valence-electron chi connectivity index (χ3n) is 5.09. The average molecular weight is 393 g/mol. The number of ether oxygens (including phenoxy) is 1. The molecule has 2 fully saturated rings. The number of aliphatic carboxylic acids is 2. The van der Waals surface area contributed by atoms with Gasteiger partial charge in [-0.15, -0.1) is 0 Å². The van der Waals surface area contributed by atoms with Gasteiger partial charge in [0.2, 0.25) is 0 Å². The first-order valence-corrected chi connectivity index (χ1v) is 9.32. The van der Waals surface area contributed by atoms with Crippen molar-refractivity contribution in [2.24, 2.45) is 0 Å². The molecule has 2 unspecified atom stereocenters. The molecule has 9 nitrogen and oxygen atoms in total. The fraction of sp³-hybridized carbons (Fsp3) is 0.579. The van der Waals surface area contributed by atoms with Gasteiger partial charge >= 0.3 is 11.9 Å². The van der Waals surface area contributed by atoms with E-state index in [1.165, 1.54) is 12.8 Å². The second-order valence-corrected chi connectivity index (χ2v) is 6.83. The number of hydrogen-bond acceptors (Lipinski definition) is 6. The summed E-state index contributed by atoms with van der Waals surface area (Å²) < 4.78 is 5.20. The summed E-state index contributed by atoms with van der Waals surface area (Å²) >= 11 is 0. The van der Waals surface area contributed by atoms with Crippen molar-refractivity contribution >= 4 is 17.8 Å². The molecule has 0 radical (unpaired) electrons. The van der Waals surface area contributed by atoms with Crippen molar-refractivity contribution in [1.29, 1.82) is 0 Å². The maximum Gasteiger partial charge on any atom is 0.414 e. The maximum absolute atomic E-state index is 12.7. The van der Waals surface area contributed by atoms with Crippen LogP contribution < -0.4 is 0 Å². The molecule has 9 heteroatoms. The number of piperazine rings is 1. The lowest BCUT2D eigenvalue weighted by molar-refractivity contribution is -0.159. The summed E-state index contributed by atoms with van der Waals surface area (Å²) in [6.07, 6.45) is 4.99. The molecule has 0 aliphatic carbocycles. The summed E-state index contributed by atoms with van der Waals surface area (Å²) in [7, 11) is 1.74. The Morgan fingerprint density at radius 3 is 2.18 bits per heavy atom. The zero-order valence-corrected chi connectivity index (χ0v) is 16.2. The molecule has 2 aliphatic rings. The SMILES string of the molecule is CCc1ccc(C(=O)N2CC3CCC(C2)N3CCOC)cn1.O=C(O)C(=O)O. The fourth-order valence-corrected chi connectivity index (χ4v) is 3.66. The minimum absolute atomic E-state index is 0.124. The van der Waals surface area contributed by atoms with Crippen molar-refractivity contribution in [1.82, 2.24) is 14.8 Å². The molecule has 0 spiro atoms. The summed E-state index contributed by atoms with van der Waals surface area (Å²) in [6, 6.07) is 4.84. The van der Waals surface area contributed by atoms with Crippen LogP contribution in [0.4, 0.5) is 0 Å². The van der Waals surface area contributed by atoms with E-state index in [1.807, 2.05) is 17.0 Å². The molecule has 0 saturated carbocycles. The van der Waals surface area contributed by atoms with Crippen molar-refractivity contribution < 1.29 is 29.3 Å². The van der Waals surface area contributed by atoms with Gasteiger partial charge in [0.1, 0.15) is 0 Å². The number of amides is 1. The van der Waals surface area contributed by atoms with Crippen molar-refractivity contribution in [2.45, 2.75) is 38.3 Å². The molecular formula is C19H27N3O6. The second kappa shape index (κ2) is 10.1. The molecule has 2 N–H and O–H groups in total. The highest BCUT2D eigenvalue weighted by Gasteiger charge is 2.41. The van der Waals surface area contributed by atoms with Crippen LogP contribution >= 0.6 is 0 Å². The first-order chi connectivity index (χ1) is 13.4. The summed E-state index contributed by atoms with van der Waals surface area (Å²) in [5.41, 5.74) is 1.74. The van der Waals surface area contributed by atoms with Crippen molar-refractivity contribution in [3.05, 3.63) is 29.6 Å². The number of fused-ring (bicyclic) bond motifs is 2. The highest BCUT2D eigenvalue weighted by molar-refractivity contribution is 6.27. The topological polar surface area (TPSA) is 120 Å². The summed E-state index contributed by atoms with van der Waals surface area (Å²) in [4.78, 5) is 39.8. The van der Waals surface area contributed by atoms with E-state index in [9.17, 15) is 4.79 Å². The minimum atomic E-state index is -1.82. The average Bonchev–Trinajstić information content (AvgIpc) is 2.93. The van der Waals surface area contributed by atoms with Gasteiger partial charge in [-0.05, 0) is 31.4 Å². The number of carboxylic acids is 2. The number of rotatable bonds is 5. The highest BCUT2D eigenvalue weighted by atomic mass is 16.5. The Balaban J connectivity index is 0.000000409. The first kappa shape index (κ1) is 21.8. The van der Waals surface area contributed by atoms with Gasteiger partial charge in [0, 0.05) is 50.7 Å². The standard InChI is InChI=1S/C17H25N3O2.C2H2O4/c1-3-14-5-4-13(10-18-14)17(21)19-11-15-6-7-16(12-19)20(15)8-9-22-2;3-1(4)2(5)6/h4-5,10,15-16H,3,6-9,11-12H2,1-2H3;(H,3,4)(H,5,6). The Labute approximate surface area is 163 Å². The van der Waals surface area contributed by atoms with Crippen LogP contribution in [0.1, 0.15) is 35.8 Å². The van der Waals surface area contributed by atoms with Crippen molar-refractivity contribution in [2.75, 3.05) is 33.4 Å². The highest BCUT2D eigenvalue weighted by Crippen LogP contribution is 2.30. The number of hydrogen-bond donors (Lipinski definition) is 2. The van der Waals surface area contributed by atoms with Crippen LogP contribution in [0.25, 0.3) is 0 Å². The molecule has 28 heavy (non-hydrogen) atoms. The zero-order chi connectivity index (χ0) is 20.7. The van der Waals surface area contributed by atoms with Gasteiger partial charge in [-0.25, -0.2) is 9.59 Å². The normalized spacial score (nSPS) is 21.0. The van der Waals surface area contributed by atoms with Gasteiger partial charge in [0.25, 0.3) is 5.91 Å². The molecule has 154 valence electrons. The number of nitrogens with zero attached hydrogens (tertiary/aromatic N) is 3. The number of carbonyl (C=O) groups excluding carboxylic acids is 1. The van der Waals surface area contributed by atoms with Crippen LogP contribution in [0.2, 0.25) is 0 Å². The van der Waals surface area contributed by atoms with Gasteiger partial charge in [-0.3, -0.25) is 14.7 Å². The second-order valence-electron chi connectivity index (χ2n) is 6.83. The Kier molecular flexibility index (Phi) is 7.89. The number of aryl methyl sites for hydroxylation is 1. The number of aromatic nitrogens is 1. The van der Waals surface area contributed by atoms with Crippen LogP contribution in [0.3, 0.4) is 0 Å². The van der Waals surface area contributed by atoms with E-state index < -0.39 is 11.9 Å². The predicted octanol–water partition coefficient (Wildman–Crippen LogP) is 0.735. The van der Waals surface area contributed by atoms with Gasteiger partial charge in [-0.1, -0.05) is 6.92 Å². The number of carboxylic acid groups (broad SMARTS) is 2. The van der Waals surface area contributed by atoms with E-state index in [2.05, 4.69) is 16.8 Å². The van der Waals surface area contributed by atoms with Crippen LogP contribution in [-0.4, -0.2) is 88.3 Å². The van der Waals surface area contributed by atoms with Crippen LogP contribution in [0.15, 0.2) is 18.3 Å². The third kappa shape index (κ3) is 5.49. The fourth-order valence-electron chi connectivity index (χ4n) is 3.66. The van der Waals surface area contributed by atoms with E-state index in [-0.39, 0.29) is 5.91 Å². The third-order valence-corrected chi connectivity index (χ3v) is 5.09. The van der Waals surface area contributed by atoms with E-state index >= 15 is 0 Å². The van der Waals surface area contributed by atoms with Gasteiger partial charge in [0.05, 0.1) is 12.2 Å². The van der Waals surface area contributed by atoms with E-state index in [4.69, 9.17) is 24.5 Å². The van der Waals surface area contributed by atoms with Crippen LogP contribution in [-0.2, 0) is 20.7 Å². The quantitative estimate of drug-likeness (QED) is 0.703.